The van der Waals surface area contributed by atoms with Gasteiger partial charge in [-0.1, -0.05) is 29.0 Å². The van der Waals surface area contributed by atoms with Crippen LogP contribution in [0.2, 0.25) is 5.02 Å². The maximum atomic E-state index is 13.5. The van der Waals surface area contributed by atoms with Gasteiger partial charge in [0, 0.05) is 23.4 Å². The Morgan fingerprint density at radius 3 is 2.83 bits per heavy atom. The molecule has 0 spiro atoms. The highest BCUT2D eigenvalue weighted by Crippen LogP contribution is 2.34. The zero-order valence-corrected chi connectivity index (χ0v) is 19.0. The van der Waals surface area contributed by atoms with E-state index in [1.54, 1.807) is 17.0 Å². The molecule has 158 valence electrons. The van der Waals surface area contributed by atoms with Gasteiger partial charge >= 0.3 is 0 Å². The molecule has 1 unspecified atom stereocenters. The van der Waals surface area contributed by atoms with E-state index in [4.69, 9.17) is 21.3 Å². The second-order valence-electron chi connectivity index (χ2n) is 7.37. The molecule has 4 rings (SSSR count). The molecule has 0 radical (unpaired) electrons. The summed E-state index contributed by atoms with van der Waals surface area (Å²) in [5.74, 6) is -0.307. The van der Waals surface area contributed by atoms with E-state index in [1.807, 2.05) is 19.1 Å². The first-order valence-corrected chi connectivity index (χ1v) is 12.6. The van der Waals surface area contributed by atoms with E-state index in [0.717, 1.165) is 34.9 Å². The summed E-state index contributed by atoms with van der Waals surface area (Å²) in [4.78, 5) is 19.9. The summed E-state index contributed by atoms with van der Waals surface area (Å²) in [7, 11) is -3.43. The second-order valence-corrected chi connectivity index (χ2v) is 10.8. The number of aryl methyl sites for hydroxylation is 1. The smallest absolute Gasteiger partial charge is 0.260 e. The van der Waals surface area contributed by atoms with Crippen LogP contribution in [0.15, 0.2) is 41.3 Å². The zero-order valence-electron chi connectivity index (χ0n) is 16.6. The van der Waals surface area contributed by atoms with Crippen molar-refractivity contribution in [3.63, 3.8) is 0 Å². The summed E-state index contributed by atoms with van der Waals surface area (Å²) in [6.45, 7) is 2.93. The third-order valence-corrected chi connectivity index (χ3v) is 7.70. The van der Waals surface area contributed by atoms with E-state index in [0.29, 0.717) is 28.9 Å². The van der Waals surface area contributed by atoms with Crippen molar-refractivity contribution < 1.29 is 17.9 Å². The number of ether oxygens (including phenoxy) is 1. The summed E-state index contributed by atoms with van der Waals surface area (Å²) in [5, 5.41) is 1.16. The van der Waals surface area contributed by atoms with Gasteiger partial charge in [-0.05, 0) is 55.7 Å². The standard InChI is InChI=1S/C21H21ClN2O4S2/c1-13-17(22)8-9-18-19(13)23-21(29-18)24(12-15-6-4-10-28-15)20(25)14-5-3-7-16(11-14)30(2,26)27/h3,5,7-9,11,15H,4,6,10,12H2,1-2H3. The molecule has 30 heavy (non-hydrogen) atoms. The molecule has 1 fully saturated rings. The quantitative estimate of drug-likeness (QED) is 0.556. The maximum absolute atomic E-state index is 13.5. The van der Waals surface area contributed by atoms with Gasteiger partial charge < -0.3 is 4.74 Å². The van der Waals surface area contributed by atoms with Crippen molar-refractivity contribution in [2.24, 2.45) is 0 Å². The van der Waals surface area contributed by atoms with Gasteiger partial charge in [-0.25, -0.2) is 13.4 Å². The highest BCUT2D eigenvalue weighted by atomic mass is 35.5. The summed E-state index contributed by atoms with van der Waals surface area (Å²) in [6, 6.07) is 9.81. The Morgan fingerprint density at radius 1 is 1.33 bits per heavy atom. The van der Waals surface area contributed by atoms with Crippen LogP contribution in [0, 0.1) is 6.92 Å². The van der Waals surface area contributed by atoms with Gasteiger partial charge in [-0.15, -0.1) is 0 Å². The first kappa shape index (κ1) is 21.2. The Kier molecular flexibility index (Phi) is 5.85. The summed E-state index contributed by atoms with van der Waals surface area (Å²) < 4.78 is 30.6. The number of thiazole rings is 1. The molecule has 1 aromatic heterocycles. The molecule has 2 aromatic carbocycles. The van der Waals surface area contributed by atoms with Gasteiger partial charge in [0.15, 0.2) is 15.0 Å². The highest BCUT2D eigenvalue weighted by molar-refractivity contribution is 7.90. The van der Waals surface area contributed by atoms with E-state index in [-0.39, 0.29) is 16.9 Å². The number of nitrogens with zero attached hydrogens (tertiary/aromatic N) is 2. The number of rotatable bonds is 5. The average molecular weight is 465 g/mol. The first-order valence-electron chi connectivity index (χ1n) is 9.53. The monoisotopic (exact) mass is 464 g/mol. The minimum Gasteiger partial charge on any atom is -0.376 e. The van der Waals surface area contributed by atoms with Gasteiger partial charge in [-0.3, -0.25) is 9.69 Å². The fraction of sp³-hybridized carbons (Fsp3) is 0.333. The number of anilines is 1. The fourth-order valence-corrected chi connectivity index (χ4v) is 5.31. The predicted molar refractivity (Wildman–Crippen MR) is 120 cm³/mol. The lowest BCUT2D eigenvalue weighted by Gasteiger charge is -2.23. The molecular formula is C21H21ClN2O4S2. The number of carbonyl (C=O) groups is 1. The van der Waals surface area contributed by atoms with E-state index in [2.05, 4.69) is 0 Å². The van der Waals surface area contributed by atoms with Crippen molar-refractivity contribution in [2.45, 2.75) is 30.8 Å². The summed E-state index contributed by atoms with van der Waals surface area (Å²) in [6.07, 6.45) is 2.86. The first-order chi connectivity index (χ1) is 14.2. The largest absolute Gasteiger partial charge is 0.376 e. The molecule has 1 saturated heterocycles. The maximum Gasteiger partial charge on any atom is 0.260 e. The van der Waals surface area contributed by atoms with Gasteiger partial charge in [0.2, 0.25) is 0 Å². The average Bonchev–Trinajstić information content (AvgIpc) is 3.38. The third-order valence-electron chi connectivity index (χ3n) is 5.13. The van der Waals surface area contributed by atoms with Crippen molar-refractivity contribution in [3.8, 4) is 0 Å². The SMILES string of the molecule is Cc1c(Cl)ccc2sc(N(CC3CCCO3)C(=O)c3cccc(S(C)(=O)=O)c3)nc12. The van der Waals surface area contributed by atoms with Crippen LogP contribution < -0.4 is 4.90 Å². The van der Waals surface area contributed by atoms with Gasteiger partial charge in [0.25, 0.3) is 5.91 Å². The minimum atomic E-state index is -3.43. The van der Waals surface area contributed by atoms with E-state index in [9.17, 15) is 13.2 Å². The number of sulfone groups is 1. The molecule has 9 heteroatoms. The van der Waals surface area contributed by atoms with E-state index >= 15 is 0 Å². The Hall–Kier alpha value is -2.00. The van der Waals surface area contributed by atoms with Crippen molar-refractivity contribution in [1.29, 1.82) is 0 Å². The highest BCUT2D eigenvalue weighted by Gasteiger charge is 2.28. The Labute approximate surface area is 184 Å². The van der Waals surface area contributed by atoms with Crippen molar-refractivity contribution >= 4 is 54.0 Å². The van der Waals surface area contributed by atoms with Crippen LogP contribution in [0.25, 0.3) is 10.2 Å². The number of benzene rings is 2. The van der Waals surface area contributed by atoms with Crippen LogP contribution in [0.5, 0.6) is 0 Å². The van der Waals surface area contributed by atoms with E-state index in [1.165, 1.54) is 23.5 Å². The van der Waals surface area contributed by atoms with Crippen LogP contribution >= 0.6 is 22.9 Å². The molecule has 6 nitrogen and oxygen atoms in total. The van der Waals surface area contributed by atoms with Gasteiger partial charge in [0.05, 0.1) is 27.8 Å². The zero-order chi connectivity index (χ0) is 21.5. The lowest BCUT2D eigenvalue weighted by Crippen LogP contribution is -2.37. The summed E-state index contributed by atoms with van der Waals surface area (Å²) >= 11 is 7.65. The van der Waals surface area contributed by atoms with Gasteiger partial charge in [-0.2, -0.15) is 0 Å². The number of halogens is 1. The molecular weight excluding hydrogens is 444 g/mol. The fourth-order valence-electron chi connectivity index (χ4n) is 3.46. The number of amides is 1. The van der Waals surface area contributed by atoms with Crippen molar-refractivity contribution in [2.75, 3.05) is 24.3 Å². The van der Waals surface area contributed by atoms with Crippen LogP contribution in [0.3, 0.4) is 0 Å². The molecule has 0 bridgehead atoms. The molecule has 1 atom stereocenters. The van der Waals surface area contributed by atoms with Gasteiger partial charge in [0.1, 0.15) is 0 Å². The topological polar surface area (TPSA) is 76.6 Å². The van der Waals surface area contributed by atoms with E-state index < -0.39 is 9.84 Å². The van der Waals surface area contributed by atoms with Crippen LogP contribution in [-0.4, -0.2) is 44.8 Å². The van der Waals surface area contributed by atoms with Crippen molar-refractivity contribution in [1.82, 2.24) is 4.98 Å². The Balaban J connectivity index is 1.77. The van der Waals surface area contributed by atoms with Crippen LogP contribution in [0.4, 0.5) is 5.13 Å². The molecule has 1 aliphatic rings. The number of hydrogen-bond acceptors (Lipinski definition) is 6. The molecule has 1 aliphatic heterocycles. The second kappa shape index (κ2) is 8.26. The molecule has 0 aliphatic carbocycles. The molecule has 2 heterocycles. The molecule has 1 amide bonds. The Bertz CT molecular complexity index is 1220. The number of aromatic nitrogens is 1. The van der Waals surface area contributed by atoms with Crippen molar-refractivity contribution in [3.05, 3.63) is 52.5 Å². The molecule has 0 saturated carbocycles. The Morgan fingerprint density at radius 2 is 2.13 bits per heavy atom. The predicted octanol–water partition coefficient (Wildman–Crippen LogP) is 4.49. The molecule has 3 aromatic rings. The third kappa shape index (κ3) is 4.23. The normalized spacial score (nSPS) is 16.8. The lowest BCUT2D eigenvalue weighted by molar-refractivity contribution is 0.0917. The molecule has 0 N–H and O–H groups in total. The number of fused-ring (bicyclic) bond motifs is 1. The van der Waals surface area contributed by atoms with Crippen LogP contribution in [-0.2, 0) is 14.6 Å². The summed E-state index contributed by atoms with van der Waals surface area (Å²) in [5.41, 5.74) is 1.92. The van der Waals surface area contributed by atoms with Crippen LogP contribution in [0.1, 0.15) is 28.8 Å². The number of carbonyl (C=O) groups excluding carboxylic acids is 1. The minimum absolute atomic E-state index is 0.0799. The lowest BCUT2D eigenvalue weighted by atomic mass is 10.1. The number of hydrogen-bond donors (Lipinski definition) is 0.